The van der Waals surface area contributed by atoms with Crippen molar-refractivity contribution in [3.63, 3.8) is 0 Å². The summed E-state index contributed by atoms with van der Waals surface area (Å²) in [5.41, 5.74) is -0.784. The van der Waals surface area contributed by atoms with E-state index in [1.165, 1.54) is 30.2 Å². The maximum absolute atomic E-state index is 12.8. The Hall–Kier alpha value is -1.89. The van der Waals surface area contributed by atoms with Crippen LogP contribution in [0.25, 0.3) is 0 Å². The Balaban J connectivity index is 1.87. The first-order valence-electron chi connectivity index (χ1n) is 6.60. The van der Waals surface area contributed by atoms with Crippen molar-refractivity contribution in [2.24, 2.45) is 0 Å². The van der Waals surface area contributed by atoms with Gasteiger partial charge in [-0.1, -0.05) is 6.07 Å². The quantitative estimate of drug-likeness (QED) is 0.829. The van der Waals surface area contributed by atoms with Crippen LogP contribution in [0, 0.1) is 0 Å². The predicted octanol–water partition coefficient (Wildman–Crippen LogP) is 4.19. The van der Waals surface area contributed by atoms with E-state index in [1.807, 2.05) is 0 Å². The smallest absolute Gasteiger partial charge is 0.416 e. The molecule has 2 heterocycles. The lowest BCUT2D eigenvalue weighted by molar-refractivity contribution is -0.137. The van der Waals surface area contributed by atoms with Crippen LogP contribution in [-0.4, -0.2) is 23.1 Å². The van der Waals surface area contributed by atoms with Gasteiger partial charge in [-0.25, -0.2) is 0 Å². The molecule has 0 saturated carbocycles. The molecule has 1 fully saturated rings. The third-order valence-electron chi connectivity index (χ3n) is 3.38. The number of halogens is 3. The molecule has 0 bridgehead atoms. The average molecular weight is 327 g/mol. The van der Waals surface area contributed by atoms with Gasteiger partial charge in [0.15, 0.2) is 0 Å². The molecule has 1 unspecified atom stereocenters. The normalized spacial score (nSPS) is 18.7. The number of benzene rings is 1. The molecular weight excluding hydrogens is 315 g/mol. The van der Waals surface area contributed by atoms with Crippen molar-refractivity contribution >= 4 is 17.7 Å². The SMILES string of the molecule is O=C(c1cccc(C(F)(F)F)c1)N1CCSC1c1ccco1. The van der Waals surface area contributed by atoms with Crippen LogP contribution in [0.3, 0.4) is 0 Å². The Kier molecular flexibility index (Phi) is 3.90. The van der Waals surface area contributed by atoms with Crippen LogP contribution >= 0.6 is 11.8 Å². The lowest BCUT2D eigenvalue weighted by Crippen LogP contribution is -2.30. The molecule has 0 radical (unpaired) electrons. The molecule has 1 saturated heterocycles. The number of amides is 1. The summed E-state index contributed by atoms with van der Waals surface area (Å²) in [5.74, 6) is 0.927. The Morgan fingerprint density at radius 2 is 2.09 bits per heavy atom. The summed E-state index contributed by atoms with van der Waals surface area (Å²) in [5, 5.41) is -0.294. The van der Waals surface area contributed by atoms with Crippen molar-refractivity contribution in [1.29, 1.82) is 0 Å². The Morgan fingerprint density at radius 3 is 2.77 bits per heavy atom. The van der Waals surface area contributed by atoms with E-state index in [1.54, 1.807) is 17.0 Å². The number of rotatable bonds is 2. The summed E-state index contributed by atoms with van der Waals surface area (Å²) in [4.78, 5) is 14.1. The fourth-order valence-corrected chi connectivity index (χ4v) is 3.54. The first-order chi connectivity index (χ1) is 10.5. The van der Waals surface area contributed by atoms with Crippen molar-refractivity contribution in [1.82, 2.24) is 4.90 Å². The second-order valence-corrected chi connectivity index (χ2v) is 6.00. The van der Waals surface area contributed by atoms with Crippen LogP contribution in [0.1, 0.15) is 27.1 Å². The minimum Gasteiger partial charge on any atom is -0.466 e. The third kappa shape index (κ3) is 2.85. The van der Waals surface area contributed by atoms with E-state index in [9.17, 15) is 18.0 Å². The maximum atomic E-state index is 12.8. The zero-order valence-corrected chi connectivity index (χ0v) is 12.2. The van der Waals surface area contributed by atoms with Crippen LogP contribution in [0.2, 0.25) is 0 Å². The van der Waals surface area contributed by atoms with Crippen LogP contribution in [-0.2, 0) is 6.18 Å². The van der Waals surface area contributed by atoms with Crippen molar-refractivity contribution in [3.05, 3.63) is 59.5 Å². The fraction of sp³-hybridized carbons (Fsp3) is 0.267. The molecule has 0 spiro atoms. The zero-order valence-electron chi connectivity index (χ0n) is 11.3. The molecule has 3 nitrogen and oxygen atoms in total. The predicted molar refractivity (Wildman–Crippen MR) is 76.4 cm³/mol. The second-order valence-electron chi connectivity index (χ2n) is 4.82. The molecule has 0 aliphatic carbocycles. The number of carbonyl (C=O) groups is 1. The first-order valence-corrected chi connectivity index (χ1v) is 7.65. The van der Waals surface area contributed by atoms with Gasteiger partial charge in [-0.2, -0.15) is 13.2 Å². The van der Waals surface area contributed by atoms with Crippen molar-refractivity contribution in [2.75, 3.05) is 12.3 Å². The van der Waals surface area contributed by atoms with Gasteiger partial charge in [0.25, 0.3) is 5.91 Å². The van der Waals surface area contributed by atoms with E-state index in [4.69, 9.17) is 4.42 Å². The van der Waals surface area contributed by atoms with Gasteiger partial charge in [0.05, 0.1) is 11.8 Å². The number of furan rings is 1. The molecule has 22 heavy (non-hydrogen) atoms. The highest BCUT2D eigenvalue weighted by Gasteiger charge is 2.35. The summed E-state index contributed by atoms with van der Waals surface area (Å²) in [7, 11) is 0. The van der Waals surface area contributed by atoms with Gasteiger partial charge in [-0.15, -0.1) is 11.8 Å². The molecule has 3 rings (SSSR count). The zero-order chi connectivity index (χ0) is 15.7. The molecule has 1 aromatic carbocycles. The number of hydrogen-bond acceptors (Lipinski definition) is 3. The minimum absolute atomic E-state index is 0.0360. The van der Waals surface area contributed by atoms with Crippen molar-refractivity contribution < 1.29 is 22.4 Å². The van der Waals surface area contributed by atoms with E-state index >= 15 is 0 Å². The number of hydrogen-bond donors (Lipinski definition) is 0. The Morgan fingerprint density at radius 1 is 1.27 bits per heavy atom. The molecular formula is C15H12F3NO2S. The number of thioether (sulfide) groups is 1. The lowest BCUT2D eigenvalue weighted by Gasteiger charge is -2.22. The summed E-state index contributed by atoms with van der Waals surface area (Å²) >= 11 is 1.53. The summed E-state index contributed by atoms with van der Waals surface area (Å²) in [6, 6.07) is 7.99. The Bertz CT molecular complexity index is 670. The topological polar surface area (TPSA) is 33.5 Å². The molecule has 1 atom stereocenters. The first kappa shape index (κ1) is 15.0. The van der Waals surface area contributed by atoms with Crippen molar-refractivity contribution in [3.8, 4) is 0 Å². The minimum atomic E-state index is -4.46. The van der Waals surface area contributed by atoms with Crippen LogP contribution in [0.5, 0.6) is 0 Å². The standard InChI is InChI=1S/C15H12F3NO2S/c16-15(17,18)11-4-1-3-10(9-11)13(20)19-6-8-22-14(19)12-5-2-7-21-12/h1-5,7,9,14H,6,8H2. The van der Waals surface area contributed by atoms with E-state index in [-0.39, 0.29) is 10.9 Å². The largest absolute Gasteiger partial charge is 0.466 e. The van der Waals surface area contributed by atoms with Gasteiger partial charge in [0, 0.05) is 17.9 Å². The highest BCUT2D eigenvalue weighted by atomic mass is 32.2. The molecule has 1 aromatic heterocycles. The molecule has 1 amide bonds. The molecule has 2 aromatic rings. The highest BCUT2D eigenvalue weighted by Crippen LogP contribution is 2.39. The fourth-order valence-electron chi connectivity index (χ4n) is 2.34. The molecule has 1 aliphatic rings. The van der Waals surface area contributed by atoms with Crippen LogP contribution in [0.4, 0.5) is 13.2 Å². The van der Waals surface area contributed by atoms with Gasteiger partial charge in [0.2, 0.25) is 0 Å². The monoisotopic (exact) mass is 327 g/mol. The van der Waals surface area contributed by atoms with Crippen molar-refractivity contribution in [2.45, 2.75) is 11.6 Å². The Labute approximate surface area is 129 Å². The van der Waals surface area contributed by atoms with Gasteiger partial charge in [-0.3, -0.25) is 4.79 Å². The van der Waals surface area contributed by atoms with Gasteiger partial charge in [-0.05, 0) is 30.3 Å². The number of alkyl halides is 3. The van der Waals surface area contributed by atoms with Gasteiger partial charge < -0.3 is 9.32 Å². The number of nitrogens with zero attached hydrogens (tertiary/aromatic N) is 1. The van der Waals surface area contributed by atoms with E-state index in [2.05, 4.69) is 0 Å². The summed E-state index contributed by atoms with van der Waals surface area (Å²) in [6.07, 6.45) is -2.95. The van der Waals surface area contributed by atoms with E-state index < -0.39 is 17.6 Å². The van der Waals surface area contributed by atoms with Crippen LogP contribution < -0.4 is 0 Å². The van der Waals surface area contributed by atoms with E-state index in [0.29, 0.717) is 12.3 Å². The number of carbonyl (C=O) groups excluding carboxylic acids is 1. The molecule has 0 N–H and O–H groups in total. The summed E-state index contributed by atoms with van der Waals surface area (Å²) in [6.45, 7) is 0.477. The molecule has 1 aliphatic heterocycles. The van der Waals surface area contributed by atoms with Gasteiger partial charge >= 0.3 is 6.18 Å². The molecule has 7 heteroatoms. The maximum Gasteiger partial charge on any atom is 0.416 e. The second kappa shape index (κ2) is 5.72. The summed E-state index contributed by atoms with van der Waals surface area (Å²) < 4.78 is 43.6. The third-order valence-corrected chi connectivity index (χ3v) is 4.60. The lowest BCUT2D eigenvalue weighted by atomic mass is 10.1. The van der Waals surface area contributed by atoms with Gasteiger partial charge in [0.1, 0.15) is 11.1 Å². The van der Waals surface area contributed by atoms with Crippen LogP contribution in [0.15, 0.2) is 47.1 Å². The average Bonchev–Trinajstić information content (AvgIpc) is 3.16. The molecule has 116 valence electrons. The highest BCUT2D eigenvalue weighted by molar-refractivity contribution is 7.99. The van der Waals surface area contributed by atoms with E-state index in [0.717, 1.165) is 17.9 Å².